The first-order valence-corrected chi connectivity index (χ1v) is 10.5. The maximum Gasteiger partial charge on any atom is 0.305 e. The summed E-state index contributed by atoms with van der Waals surface area (Å²) in [5.74, 6) is -3.18. The van der Waals surface area contributed by atoms with Crippen molar-refractivity contribution in [3.05, 3.63) is 0 Å². The molecule has 1 heterocycles. The van der Waals surface area contributed by atoms with Crippen molar-refractivity contribution in [2.75, 3.05) is 5.75 Å². The highest BCUT2D eigenvalue weighted by Gasteiger charge is 2.55. The highest BCUT2D eigenvalue weighted by atomic mass is 32.2. The van der Waals surface area contributed by atoms with E-state index in [0.717, 1.165) is 39.5 Å². The summed E-state index contributed by atoms with van der Waals surface area (Å²) in [6.07, 6.45) is -7.15. The third-order valence-corrected chi connectivity index (χ3v) is 4.86. The summed E-state index contributed by atoms with van der Waals surface area (Å²) in [4.78, 5) is 70.7. The van der Waals surface area contributed by atoms with Crippen molar-refractivity contribution in [1.82, 2.24) is 0 Å². The van der Waals surface area contributed by atoms with Gasteiger partial charge in [-0.1, -0.05) is 18.7 Å². The van der Waals surface area contributed by atoms with Gasteiger partial charge in [0.1, 0.15) is 5.78 Å². The van der Waals surface area contributed by atoms with Crippen LogP contribution in [0, 0.1) is 0 Å². The molecule has 174 valence electrons. The summed E-state index contributed by atoms with van der Waals surface area (Å²) in [5.41, 5.74) is 0. The van der Waals surface area contributed by atoms with E-state index in [4.69, 9.17) is 23.7 Å². The monoisotopic (exact) mass is 462 g/mol. The number of ketones is 1. The summed E-state index contributed by atoms with van der Waals surface area (Å²) < 4.78 is 26.0. The summed E-state index contributed by atoms with van der Waals surface area (Å²) >= 11 is 0.750. The Hall–Kier alpha value is -2.47. The van der Waals surface area contributed by atoms with Crippen LogP contribution in [0.5, 0.6) is 0 Å². The van der Waals surface area contributed by atoms with Gasteiger partial charge in [-0.15, -0.1) is 0 Å². The number of hydrogen-bond acceptors (Lipinski definition) is 12. The lowest BCUT2D eigenvalue weighted by molar-refractivity contribution is -0.288. The van der Waals surface area contributed by atoms with Crippen LogP contribution in [-0.2, 0) is 52.5 Å². The van der Waals surface area contributed by atoms with Crippen LogP contribution in [-0.4, -0.2) is 71.2 Å². The molecule has 11 nitrogen and oxygen atoms in total. The molecular formula is C19H26O11S. The Labute approximate surface area is 183 Å². The van der Waals surface area contributed by atoms with Gasteiger partial charge in [0, 0.05) is 46.3 Å². The summed E-state index contributed by atoms with van der Waals surface area (Å²) in [6.45, 7) is 5.95. The largest absolute Gasteiger partial charge is 0.455 e. The topological polar surface area (TPSA) is 149 Å². The van der Waals surface area contributed by atoms with Gasteiger partial charge in [0.25, 0.3) is 0 Å². The molecule has 31 heavy (non-hydrogen) atoms. The van der Waals surface area contributed by atoms with Gasteiger partial charge in [-0.3, -0.25) is 28.8 Å². The van der Waals surface area contributed by atoms with E-state index in [1.165, 1.54) is 0 Å². The van der Waals surface area contributed by atoms with Crippen molar-refractivity contribution in [1.29, 1.82) is 0 Å². The van der Waals surface area contributed by atoms with Crippen LogP contribution in [0.25, 0.3) is 0 Å². The second kappa shape index (κ2) is 12.4. The minimum atomic E-state index is -1.61. The smallest absolute Gasteiger partial charge is 0.305 e. The third-order valence-electron chi connectivity index (χ3n) is 3.94. The first-order chi connectivity index (χ1) is 14.5. The van der Waals surface area contributed by atoms with Crippen LogP contribution in [0.15, 0.2) is 0 Å². The van der Waals surface area contributed by atoms with Gasteiger partial charge < -0.3 is 23.7 Å². The maximum atomic E-state index is 12.8. The highest BCUT2D eigenvalue weighted by Crippen LogP contribution is 2.32. The van der Waals surface area contributed by atoms with Crippen LogP contribution in [0.2, 0.25) is 0 Å². The molecule has 12 heteroatoms. The number of ether oxygens (including phenoxy) is 5. The Bertz CT molecular complexity index is 720. The van der Waals surface area contributed by atoms with Crippen molar-refractivity contribution < 1.29 is 52.5 Å². The molecule has 0 spiro atoms. The van der Waals surface area contributed by atoms with Crippen LogP contribution < -0.4 is 0 Å². The Morgan fingerprint density at radius 1 is 0.742 bits per heavy atom. The Morgan fingerprint density at radius 3 is 1.71 bits per heavy atom. The zero-order valence-corrected chi connectivity index (χ0v) is 18.7. The second-order valence-electron chi connectivity index (χ2n) is 6.57. The van der Waals surface area contributed by atoms with Crippen molar-refractivity contribution >= 4 is 46.5 Å². The standard InChI is InChI=1S/C19H26O11S/c1-6-13(24)7-8-31-18(25)16-14(26-9(2)20)15(27-10(3)21)17(28-11(4)22)19(30-16)29-12(5)23/h14-17,19H,6-8H2,1-5H3/t14-,15-,16-,17+,19+/m0/s1. The second-order valence-corrected chi connectivity index (χ2v) is 7.67. The fraction of sp³-hybridized carbons (Fsp3) is 0.684. The normalized spacial score (nSPS) is 25.1. The zero-order chi connectivity index (χ0) is 23.7. The number of Topliss-reactive ketones (excluding diaryl/α,β-unsaturated/α-hetero) is 1. The fourth-order valence-corrected chi connectivity index (χ4v) is 3.63. The molecule has 0 aliphatic carbocycles. The van der Waals surface area contributed by atoms with E-state index in [9.17, 15) is 28.8 Å². The van der Waals surface area contributed by atoms with Crippen molar-refractivity contribution in [2.24, 2.45) is 0 Å². The van der Waals surface area contributed by atoms with Gasteiger partial charge in [0.15, 0.2) is 18.3 Å². The predicted molar refractivity (Wildman–Crippen MR) is 104 cm³/mol. The molecule has 0 amide bonds. The molecule has 5 atom stereocenters. The number of hydrogen-bond donors (Lipinski definition) is 0. The lowest BCUT2D eigenvalue weighted by Crippen LogP contribution is -2.63. The average molecular weight is 462 g/mol. The molecule has 1 fully saturated rings. The highest BCUT2D eigenvalue weighted by molar-refractivity contribution is 8.13. The van der Waals surface area contributed by atoms with Gasteiger partial charge in [-0.25, -0.2) is 0 Å². The predicted octanol–water partition coefficient (Wildman–Crippen LogP) is 0.698. The molecule has 0 aromatic carbocycles. The molecule has 0 radical (unpaired) electrons. The van der Waals surface area contributed by atoms with Gasteiger partial charge in [0.05, 0.1) is 0 Å². The molecule has 1 rings (SSSR count). The number of carbonyl (C=O) groups is 6. The van der Waals surface area contributed by atoms with Gasteiger partial charge >= 0.3 is 23.9 Å². The van der Waals surface area contributed by atoms with Crippen molar-refractivity contribution in [3.8, 4) is 0 Å². The molecule has 1 aliphatic rings. The number of thioether (sulfide) groups is 1. The first-order valence-electron chi connectivity index (χ1n) is 9.48. The van der Waals surface area contributed by atoms with E-state index in [1.807, 2.05) is 0 Å². The molecule has 0 N–H and O–H groups in total. The molecule has 0 bridgehead atoms. The maximum absolute atomic E-state index is 12.8. The van der Waals surface area contributed by atoms with E-state index < -0.39 is 59.7 Å². The Kier molecular flexibility index (Phi) is 10.6. The fourth-order valence-electron chi connectivity index (χ4n) is 2.75. The van der Waals surface area contributed by atoms with E-state index in [-0.39, 0.29) is 18.0 Å². The lowest BCUT2D eigenvalue weighted by Gasteiger charge is -2.43. The van der Waals surface area contributed by atoms with Crippen LogP contribution in [0.1, 0.15) is 47.5 Å². The Balaban J connectivity index is 3.27. The van der Waals surface area contributed by atoms with Gasteiger partial charge in [0.2, 0.25) is 17.5 Å². The van der Waals surface area contributed by atoms with Crippen molar-refractivity contribution in [3.63, 3.8) is 0 Å². The van der Waals surface area contributed by atoms with Gasteiger partial charge in [-0.05, 0) is 0 Å². The molecule has 0 aromatic rings. The van der Waals surface area contributed by atoms with E-state index in [2.05, 4.69) is 0 Å². The van der Waals surface area contributed by atoms with Crippen LogP contribution >= 0.6 is 11.8 Å². The minimum absolute atomic E-state index is 0.0492. The number of rotatable bonds is 9. The minimum Gasteiger partial charge on any atom is -0.455 e. The van der Waals surface area contributed by atoms with E-state index >= 15 is 0 Å². The quantitative estimate of drug-likeness (QED) is 0.351. The first kappa shape index (κ1) is 26.6. The summed E-state index contributed by atoms with van der Waals surface area (Å²) in [6, 6.07) is 0. The van der Waals surface area contributed by atoms with Crippen molar-refractivity contribution in [2.45, 2.75) is 78.2 Å². The summed E-state index contributed by atoms with van der Waals surface area (Å²) in [7, 11) is 0. The Morgan fingerprint density at radius 2 is 1.23 bits per heavy atom. The zero-order valence-electron chi connectivity index (χ0n) is 17.9. The molecule has 0 saturated carbocycles. The molecule has 0 unspecified atom stereocenters. The van der Waals surface area contributed by atoms with Crippen LogP contribution in [0.3, 0.4) is 0 Å². The molecule has 1 aliphatic heterocycles. The average Bonchev–Trinajstić information content (AvgIpc) is 2.64. The van der Waals surface area contributed by atoms with Gasteiger partial charge in [-0.2, -0.15) is 0 Å². The van der Waals surface area contributed by atoms with E-state index in [1.54, 1.807) is 6.92 Å². The molecular weight excluding hydrogens is 436 g/mol. The molecule has 0 aromatic heterocycles. The number of esters is 4. The molecule has 1 saturated heterocycles. The summed E-state index contributed by atoms with van der Waals surface area (Å²) in [5, 5.41) is -0.647. The number of carbonyl (C=O) groups excluding carboxylic acids is 6. The SMILES string of the molecule is CCC(=O)CCSC(=O)[C@H]1O[C@@H](OC(C)=O)[C@H](OC(C)=O)[C@@H](OC(C)=O)[C@@H]1OC(C)=O. The van der Waals surface area contributed by atoms with E-state index in [0.29, 0.717) is 6.42 Å². The lowest BCUT2D eigenvalue weighted by atomic mass is 9.98. The van der Waals surface area contributed by atoms with Crippen LogP contribution in [0.4, 0.5) is 0 Å². The third kappa shape index (κ3) is 8.66.